The van der Waals surface area contributed by atoms with E-state index in [9.17, 15) is 9.59 Å². The fourth-order valence-corrected chi connectivity index (χ4v) is 2.88. The molecule has 0 spiro atoms. The first kappa shape index (κ1) is 16.0. The smallest absolute Gasteiger partial charge is 0.317 e. The van der Waals surface area contributed by atoms with Crippen molar-refractivity contribution >= 4 is 11.9 Å². The molecule has 0 bridgehead atoms. The zero-order valence-corrected chi connectivity index (χ0v) is 13.4. The maximum absolute atomic E-state index is 12.2. The Bertz CT molecular complexity index is 688. The van der Waals surface area contributed by atoms with Crippen molar-refractivity contribution in [2.75, 3.05) is 13.1 Å². The third kappa shape index (κ3) is 3.73. The van der Waals surface area contributed by atoms with Gasteiger partial charge < -0.3 is 16.0 Å². The fraction of sp³-hybridized carbons (Fsp3) is 0.353. The monoisotopic (exact) mass is 327 g/mol. The van der Waals surface area contributed by atoms with E-state index in [2.05, 4.69) is 15.5 Å². The third-order valence-corrected chi connectivity index (χ3v) is 4.39. The third-order valence-electron chi connectivity index (χ3n) is 4.39. The molecule has 0 unspecified atom stereocenters. The van der Waals surface area contributed by atoms with Crippen LogP contribution in [0, 0.1) is 5.92 Å². The molecule has 0 saturated carbocycles. The Hall–Kier alpha value is -2.83. The van der Waals surface area contributed by atoms with Gasteiger partial charge in [-0.15, -0.1) is 0 Å². The van der Waals surface area contributed by atoms with E-state index in [0.29, 0.717) is 32.5 Å². The molecule has 0 radical (unpaired) electrons. The van der Waals surface area contributed by atoms with Crippen LogP contribution in [0.15, 0.2) is 36.5 Å². The Morgan fingerprint density at radius 3 is 2.50 bits per heavy atom. The number of aromatic amines is 1. The quantitative estimate of drug-likeness (QED) is 0.792. The van der Waals surface area contributed by atoms with E-state index >= 15 is 0 Å². The molecule has 24 heavy (non-hydrogen) atoms. The SMILES string of the molecule is NC(=O)C1CCN(C(=O)NCc2ccc(-c3ccn[nH]3)cc2)CC1. The highest BCUT2D eigenvalue weighted by atomic mass is 16.2. The summed E-state index contributed by atoms with van der Waals surface area (Å²) in [5.41, 5.74) is 8.35. The average molecular weight is 327 g/mol. The number of hydrogen-bond donors (Lipinski definition) is 3. The maximum atomic E-state index is 12.2. The molecule has 1 fully saturated rings. The van der Waals surface area contributed by atoms with Gasteiger partial charge in [0, 0.05) is 31.7 Å². The number of aromatic nitrogens is 2. The molecule has 3 amide bonds. The summed E-state index contributed by atoms with van der Waals surface area (Å²) in [5.74, 6) is -0.378. The van der Waals surface area contributed by atoms with Gasteiger partial charge in [-0.2, -0.15) is 5.10 Å². The lowest BCUT2D eigenvalue weighted by Gasteiger charge is -2.30. The maximum Gasteiger partial charge on any atom is 0.317 e. The van der Waals surface area contributed by atoms with Crippen molar-refractivity contribution in [1.29, 1.82) is 0 Å². The van der Waals surface area contributed by atoms with Crippen molar-refractivity contribution in [3.05, 3.63) is 42.1 Å². The highest BCUT2D eigenvalue weighted by Crippen LogP contribution is 2.18. The van der Waals surface area contributed by atoms with E-state index in [1.807, 2.05) is 30.3 Å². The van der Waals surface area contributed by atoms with Crippen molar-refractivity contribution in [2.45, 2.75) is 19.4 Å². The van der Waals surface area contributed by atoms with E-state index in [-0.39, 0.29) is 17.9 Å². The molecular formula is C17H21N5O2. The molecule has 126 valence electrons. The van der Waals surface area contributed by atoms with E-state index in [4.69, 9.17) is 5.73 Å². The average Bonchev–Trinajstić information content (AvgIpc) is 3.15. The van der Waals surface area contributed by atoms with Crippen molar-refractivity contribution < 1.29 is 9.59 Å². The lowest BCUT2D eigenvalue weighted by molar-refractivity contribution is -0.123. The lowest BCUT2D eigenvalue weighted by atomic mass is 9.96. The van der Waals surface area contributed by atoms with Crippen LogP contribution in [0.4, 0.5) is 4.79 Å². The summed E-state index contributed by atoms with van der Waals surface area (Å²) >= 11 is 0. The highest BCUT2D eigenvalue weighted by Gasteiger charge is 2.25. The largest absolute Gasteiger partial charge is 0.369 e. The molecule has 1 aromatic heterocycles. The predicted octanol–water partition coefficient (Wildman–Crippen LogP) is 1.48. The number of nitrogens with one attached hydrogen (secondary N) is 2. The number of nitrogens with two attached hydrogens (primary N) is 1. The van der Waals surface area contributed by atoms with Crippen LogP contribution in [0.3, 0.4) is 0 Å². The standard InChI is InChI=1S/C17H21N5O2/c18-16(23)14-6-9-22(10-7-14)17(24)19-11-12-1-3-13(4-2-12)15-5-8-20-21-15/h1-5,8,14H,6-7,9-11H2,(H2,18,23)(H,19,24)(H,20,21). The van der Waals surface area contributed by atoms with Crippen molar-refractivity contribution in [2.24, 2.45) is 11.7 Å². The van der Waals surface area contributed by atoms with Gasteiger partial charge in [-0.1, -0.05) is 24.3 Å². The Morgan fingerprint density at radius 1 is 1.21 bits per heavy atom. The minimum atomic E-state index is -0.271. The minimum Gasteiger partial charge on any atom is -0.369 e. The van der Waals surface area contributed by atoms with E-state index in [1.54, 1.807) is 11.1 Å². The first-order valence-corrected chi connectivity index (χ1v) is 8.04. The van der Waals surface area contributed by atoms with Crippen LogP contribution in [0.1, 0.15) is 18.4 Å². The Labute approximate surface area is 140 Å². The second-order valence-corrected chi connectivity index (χ2v) is 5.99. The number of piperidine rings is 1. The molecule has 7 heteroatoms. The lowest BCUT2D eigenvalue weighted by Crippen LogP contribution is -2.46. The number of primary amides is 1. The summed E-state index contributed by atoms with van der Waals surface area (Å²) in [6.07, 6.45) is 2.99. The van der Waals surface area contributed by atoms with Crippen molar-refractivity contribution in [3.63, 3.8) is 0 Å². The molecule has 0 aliphatic carbocycles. The van der Waals surface area contributed by atoms with E-state index in [1.165, 1.54) is 0 Å². The zero-order chi connectivity index (χ0) is 16.9. The molecule has 1 aliphatic heterocycles. The number of urea groups is 1. The van der Waals surface area contributed by atoms with Gasteiger partial charge in [0.2, 0.25) is 5.91 Å². The summed E-state index contributed by atoms with van der Waals surface area (Å²) < 4.78 is 0. The molecule has 1 saturated heterocycles. The Morgan fingerprint density at radius 2 is 1.92 bits per heavy atom. The molecule has 1 aromatic carbocycles. The fourth-order valence-electron chi connectivity index (χ4n) is 2.88. The number of hydrogen-bond acceptors (Lipinski definition) is 3. The Balaban J connectivity index is 1.49. The second kappa shape index (κ2) is 7.16. The second-order valence-electron chi connectivity index (χ2n) is 5.99. The molecule has 2 heterocycles. The number of benzene rings is 1. The van der Waals surface area contributed by atoms with Gasteiger partial charge in [0.25, 0.3) is 0 Å². The summed E-state index contributed by atoms with van der Waals surface area (Å²) in [4.78, 5) is 25.1. The molecular weight excluding hydrogens is 306 g/mol. The first-order chi connectivity index (χ1) is 11.6. The predicted molar refractivity (Wildman–Crippen MR) is 89.8 cm³/mol. The van der Waals surface area contributed by atoms with Crippen LogP contribution in [-0.2, 0) is 11.3 Å². The normalized spacial score (nSPS) is 15.2. The molecule has 2 aromatic rings. The van der Waals surface area contributed by atoms with Gasteiger partial charge in [-0.3, -0.25) is 9.89 Å². The molecule has 1 aliphatic rings. The van der Waals surface area contributed by atoms with Crippen LogP contribution >= 0.6 is 0 Å². The number of likely N-dealkylation sites (tertiary alicyclic amines) is 1. The van der Waals surface area contributed by atoms with Gasteiger partial charge in [-0.25, -0.2) is 4.79 Å². The number of H-pyrrole nitrogens is 1. The topological polar surface area (TPSA) is 104 Å². The molecule has 3 rings (SSSR count). The number of carbonyl (C=O) groups excluding carboxylic acids is 2. The van der Waals surface area contributed by atoms with E-state index < -0.39 is 0 Å². The van der Waals surface area contributed by atoms with Gasteiger partial charge in [0.1, 0.15) is 0 Å². The van der Waals surface area contributed by atoms with Crippen LogP contribution in [0.25, 0.3) is 11.3 Å². The van der Waals surface area contributed by atoms with Gasteiger partial charge in [0.05, 0.1) is 5.69 Å². The van der Waals surface area contributed by atoms with Gasteiger partial charge in [-0.05, 0) is 30.0 Å². The number of nitrogens with zero attached hydrogens (tertiary/aromatic N) is 2. The Kier molecular flexibility index (Phi) is 4.79. The number of rotatable bonds is 4. The summed E-state index contributed by atoms with van der Waals surface area (Å²) in [6.45, 7) is 1.61. The molecule has 4 N–H and O–H groups in total. The van der Waals surface area contributed by atoms with Crippen LogP contribution in [-0.4, -0.2) is 40.1 Å². The van der Waals surface area contributed by atoms with E-state index in [0.717, 1.165) is 16.8 Å². The summed E-state index contributed by atoms with van der Waals surface area (Å²) in [7, 11) is 0. The molecule has 7 nitrogen and oxygen atoms in total. The first-order valence-electron chi connectivity index (χ1n) is 8.04. The van der Waals surface area contributed by atoms with Gasteiger partial charge >= 0.3 is 6.03 Å². The molecule has 0 atom stereocenters. The van der Waals surface area contributed by atoms with Crippen LogP contribution in [0.2, 0.25) is 0 Å². The van der Waals surface area contributed by atoms with Crippen LogP contribution < -0.4 is 11.1 Å². The van der Waals surface area contributed by atoms with Crippen molar-refractivity contribution in [1.82, 2.24) is 20.4 Å². The minimum absolute atomic E-state index is 0.101. The highest BCUT2D eigenvalue weighted by molar-refractivity contribution is 5.78. The van der Waals surface area contributed by atoms with Crippen LogP contribution in [0.5, 0.6) is 0 Å². The summed E-state index contributed by atoms with van der Waals surface area (Å²) in [6, 6.07) is 9.76. The number of amides is 3. The van der Waals surface area contributed by atoms with Crippen molar-refractivity contribution in [3.8, 4) is 11.3 Å². The van der Waals surface area contributed by atoms with Gasteiger partial charge in [0.15, 0.2) is 0 Å². The summed E-state index contributed by atoms with van der Waals surface area (Å²) in [5, 5.41) is 9.77. The number of carbonyl (C=O) groups is 2. The zero-order valence-electron chi connectivity index (χ0n) is 13.4.